The molecule has 5 heteroatoms. The molecule has 0 bridgehead atoms. The van der Waals surface area contributed by atoms with Crippen LogP contribution in [0.25, 0.3) is 0 Å². The first-order valence-electron chi connectivity index (χ1n) is 9.15. The van der Waals surface area contributed by atoms with E-state index in [0.29, 0.717) is 17.9 Å². The molecule has 0 saturated carbocycles. The van der Waals surface area contributed by atoms with Gasteiger partial charge in [-0.25, -0.2) is 0 Å². The van der Waals surface area contributed by atoms with Crippen LogP contribution >= 0.6 is 11.8 Å². The molecule has 2 aromatic rings. The van der Waals surface area contributed by atoms with E-state index >= 15 is 0 Å². The summed E-state index contributed by atoms with van der Waals surface area (Å²) in [6.07, 6.45) is 1.66. The van der Waals surface area contributed by atoms with Crippen LogP contribution in [-0.4, -0.2) is 30.4 Å². The molecule has 27 heavy (non-hydrogen) atoms. The van der Waals surface area contributed by atoms with Crippen LogP contribution in [0.5, 0.6) is 5.75 Å². The highest BCUT2D eigenvalue weighted by Gasteiger charge is 2.35. The van der Waals surface area contributed by atoms with Crippen molar-refractivity contribution in [2.24, 2.45) is 5.92 Å². The van der Waals surface area contributed by atoms with Crippen LogP contribution < -0.4 is 4.74 Å². The van der Waals surface area contributed by atoms with Gasteiger partial charge in [-0.05, 0) is 47.6 Å². The fourth-order valence-electron chi connectivity index (χ4n) is 3.25. The molecule has 4 nitrogen and oxygen atoms in total. The molecule has 1 saturated heterocycles. The van der Waals surface area contributed by atoms with Crippen LogP contribution in [0.1, 0.15) is 29.9 Å². The summed E-state index contributed by atoms with van der Waals surface area (Å²) in [5, 5.41) is 0. The van der Waals surface area contributed by atoms with Crippen molar-refractivity contribution in [2.45, 2.75) is 25.4 Å². The summed E-state index contributed by atoms with van der Waals surface area (Å²) in [6, 6.07) is 17.1. The summed E-state index contributed by atoms with van der Waals surface area (Å²) in [5.41, 5.74) is 1.75. The Kier molecular flexibility index (Phi) is 6.93. The molecule has 1 aliphatic rings. The van der Waals surface area contributed by atoms with Crippen molar-refractivity contribution in [3.8, 4) is 5.75 Å². The topological polar surface area (TPSA) is 52.6 Å². The Bertz CT molecular complexity index is 752. The van der Waals surface area contributed by atoms with E-state index in [4.69, 9.17) is 9.47 Å². The van der Waals surface area contributed by atoms with Crippen molar-refractivity contribution in [1.82, 2.24) is 0 Å². The summed E-state index contributed by atoms with van der Waals surface area (Å²) >= 11 is 1.86. The second kappa shape index (κ2) is 9.60. The predicted molar refractivity (Wildman–Crippen MR) is 107 cm³/mol. The van der Waals surface area contributed by atoms with E-state index in [1.54, 1.807) is 24.3 Å². The second-order valence-corrected chi connectivity index (χ2v) is 7.81. The third-order valence-corrected chi connectivity index (χ3v) is 5.86. The molecule has 1 fully saturated rings. The number of Topliss-reactive ketones (excluding diaryl/α,β-unsaturated/α-hetero) is 1. The lowest BCUT2D eigenvalue weighted by Crippen LogP contribution is -2.31. The van der Waals surface area contributed by atoms with Gasteiger partial charge in [-0.2, -0.15) is 11.8 Å². The van der Waals surface area contributed by atoms with Gasteiger partial charge in [0.25, 0.3) is 0 Å². The van der Waals surface area contributed by atoms with Gasteiger partial charge >= 0.3 is 5.97 Å². The molecule has 1 aliphatic heterocycles. The van der Waals surface area contributed by atoms with Gasteiger partial charge in [-0.3, -0.25) is 9.59 Å². The minimum absolute atomic E-state index is 0.0277. The van der Waals surface area contributed by atoms with E-state index in [-0.39, 0.29) is 11.7 Å². The first-order valence-corrected chi connectivity index (χ1v) is 10.3. The fraction of sp³-hybridized carbons (Fsp3) is 0.364. The van der Waals surface area contributed by atoms with Crippen molar-refractivity contribution in [3.05, 3.63) is 65.7 Å². The highest BCUT2D eigenvalue weighted by atomic mass is 32.2. The zero-order chi connectivity index (χ0) is 19.1. The van der Waals surface area contributed by atoms with Gasteiger partial charge in [0.2, 0.25) is 0 Å². The number of thioether (sulfide) groups is 1. The fourth-order valence-corrected chi connectivity index (χ4v) is 4.36. The average Bonchev–Trinajstić information content (AvgIpc) is 2.74. The lowest BCUT2D eigenvalue weighted by atomic mass is 9.84. The number of esters is 1. The molecule has 0 N–H and O–H groups in total. The molecule has 0 aliphatic carbocycles. The quantitative estimate of drug-likeness (QED) is 0.528. The number of hydrogen-bond donors (Lipinski definition) is 0. The zero-order valence-electron chi connectivity index (χ0n) is 15.4. The van der Waals surface area contributed by atoms with E-state index in [9.17, 15) is 9.59 Å². The number of ether oxygens (including phenoxy) is 2. The Morgan fingerprint density at radius 2 is 1.70 bits per heavy atom. The Hall–Kier alpha value is -2.27. The molecule has 0 aromatic heterocycles. The second-order valence-electron chi connectivity index (χ2n) is 6.59. The van der Waals surface area contributed by atoms with Crippen molar-refractivity contribution in [1.29, 1.82) is 0 Å². The van der Waals surface area contributed by atoms with Gasteiger partial charge in [0.1, 0.15) is 18.3 Å². The van der Waals surface area contributed by atoms with Crippen LogP contribution in [-0.2, 0) is 20.9 Å². The van der Waals surface area contributed by atoms with Crippen molar-refractivity contribution in [3.63, 3.8) is 0 Å². The molecule has 0 spiro atoms. The number of carbonyl (C=O) groups is 2. The third kappa shape index (κ3) is 5.13. The van der Waals surface area contributed by atoms with Gasteiger partial charge in [-0.1, -0.05) is 42.5 Å². The maximum Gasteiger partial charge on any atom is 0.320 e. The number of methoxy groups -OCH3 is 1. The largest absolute Gasteiger partial charge is 0.489 e. The normalized spacial score (nSPS) is 15.7. The number of ketones is 1. The highest BCUT2D eigenvalue weighted by Crippen LogP contribution is 2.31. The molecule has 0 radical (unpaired) electrons. The summed E-state index contributed by atoms with van der Waals surface area (Å²) in [7, 11) is 1.33. The number of hydrogen-bond acceptors (Lipinski definition) is 5. The molecular weight excluding hydrogens is 360 g/mol. The van der Waals surface area contributed by atoms with Crippen LogP contribution in [0.3, 0.4) is 0 Å². The van der Waals surface area contributed by atoms with Gasteiger partial charge < -0.3 is 9.47 Å². The van der Waals surface area contributed by atoms with Crippen LogP contribution in [0.4, 0.5) is 0 Å². The SMILES string of the molecule is COC(=O)C(C(=O)C1CCSCC1)c1ccc(OCc2ccccc2)cc1. The predicted octanol–water partition coefficient (Wildman–Crippen LogP) is 4.23. The standard InChI is InChI=1S/C22H24O4S/c1-25-22(24)20(21(23)18-11-13-27-14-12-18)17-7-9-19(10-8-17)26-15-16-5-3-2-4-6-16/h2-10,18,20H,11-15H2,1H3. The van der Waals surface area contributed by atoms with E-state index in [0.717, 1.165) is 29.9 Å². The molecule has 2 aromatic carbocycles. The Labute approximate surface area is 164 Å². The molecule has 3 rings (SSSR count). The first kappa shape index (κ1) is 19.5. The lowest BCUT2D eigenvalue weighted by Gasteiger charge is -2.24. The summed E-state index contributed by atoms with van der Waals surface area (Å²) in [4.78, 5) is 25.3. The first-order chi connectivity index (χ1) is 13.2. The molecule has 1 unspecified atom stereocenters. The van der Waals surface area contributed by atoms with Gasteiger partial charge in [0.15, 0.2) is 5.78 Å². The third-order valence-electron chi connectivity index (χ3n) is 4.81. The van der Waals surface area contributed by atoms with Gasteiger partial charge in [0, 0.05) is 5.92 Å². The molecule has 142 valence electrons. The van der Waals surface area contributed by atoms with E-state index in [1.807, 2.05) is 42.1 Å². The highest BCUT2D eigenvalue weighted by molar-refractivity contribution is 7.99. The monoisotopic (exact) mass is 384 g/mol. The van der Waals surface area contributed by atoms with Crippen LogP contribution in [0.2, 0.25) is 0 Å². The number of carbonyl (C=O) groups excluding carboxylic acids is 2. The molecular formula is C22H24O4S. The Morgan fingerprint density at radius 3 is 2.33 bits per heavy atom. The molecule has 1 heterocycles. The summed E-state index contributed by atoms with van der Waals surface area (Å²) < 4.78 is 10.7. The number of rotatable bonds is 7. The van der Waals surface area contributed by atoms with E-state index < -0.39 is 11.9 Å². The van der Waals surface area contributed by atoms with E-state index in [1.165, 1.54) is 7.11 Å². The van der Waals surface area contributed by atoms with Crippen molar-refractivity contribution < 1.29 is 19.1 Å². The average molecular weight is 384 g/mol. The van der Waals surface area contributed by atoms with Crippen molar-refractivity contribution in [2.75, 3.05) is 18.6 Å². The van der Waals surface area contributed by atoms with Crippen LogP contribution in [0.15, 0.2) is 54.6 Å². The minimum Gasteiger partial charge on any atom is -0.489 e. The van der Waals surface area contributed by atoms with Gasteiger partial charge in [0.05, 0.1) is 7.11 Å². The maximum atomic E-state index is 13.0. The van der Waals surface area contributed by atoms with E-state index in [2.05, 4.69) is 0 Å². The maximum absolute atomic E-state index is 13.0. The summed E-state index contributed by atoms with van der Waals surface area (Å²) in [6.45, 7) is 0.472. The minimum atomic E-state index is -0.855. The molecule has 1 atom stereocenters. The van der Waals surface area contributed by atoms with Gasteiger partial charge in [-0.15, -0.1) is 0 Å². The summed E-state index contributed by atoms with van der Waals surface area (Å²) in [5.74, 6) is 1.20. The lowest BCUT2D eigenvalue weighted by molar-refractivity contribution is -0.146. The smallest absolute Gasteiger partial charge is 0.320 e. The Morgan fingerprint density at radius 1 is 1.04 bits per heavy atom. The van der Waals surface area contributed by atoms with Crippen LogP contribution in [0, 0.1) is 5.92 Å². The number of benzene rings is 2. The molecule has 0 amide bonds. The Balaban J connectivity index is 1.70. The zero-order valence-corrected chi connectivity index (χ0v) is 16.2. The van der Waals surface area contributed by atoms with Crippen molar-refractivity contribution >= 4 is 23.5 Å².